The summed E-state index contributed by atoms with van der Waals surface area (Å²) in [6, 6.07) is 6.60. The predicted octanol–water partition coefficient (Wildman–Crippen LogP) is 2.54. The molecule has 1 aromatic carbocycles. The van der Waals surface area contributed by atoms with Gasteiger partial charge in [-0.3, -0.25) is 4.79 Å². The number of amides is 1. The van der Waals surface area contributed by atoms with E-state index < -0.39 is 5.92 Å². The summed E-state index contributed by atoms with van der Waals surface area (Å²) < 4.78 is 26.0. The molecular formula is C14H13F2NO. The number of alkyl halides is 2. The molecule has 0 saturated carbocycles. The summed E-state index contributed by atoms with van der Waals surface area (Å²) in [5.41, 5.74) is 1.18. The van der Waals surface area contributed by atoms with Crippen molar-refractivity contribution in [3.8, 4) is 12.3 Å². The molecule has 1 heterocycles. The molecule has 0 atom stereocenters. The number of likely N-dealkylation sites (tertiary alicyclic amines) is 1. The average molecular weight is 249 g/mol. The van der Waals surface area contributed by atoms with Crippen molar-refractivity contribution in [1.29, 1.82) is 0 Å². The Morgan fingerprint density at radius 1 is 1.22 bits per heavy atom. The Hall–Kier alpha value is -1.89. The van der Waals surface area contributed by atoms with Gasteiger partial charge in [0.25, 0.3) is 11.8 Å². The zero-order valence-corrected chi connectivity index (χ0v) is 9.83. The van der Waals surface area contributed by atoms with Crippen LogP contribution in [0.3, 0.4) is 0 Å². The smallest absolute Gasteiger partial charge is 0.253 e. The summed E-state index contributed by atoms with van der Waals surface area (Å²) in [6.45, 7) is 0.200. The van der Waals surface area contributed by atoms with Crippen molar-refractivity contribution in [2.75, 3.05) is 13.1 Å². The van der Waals surface area contributed by atoms with Gasteiger partial charge in [0.1, 0.15) is 0 Å². The number of terminal acetylenes is 1. The maximum Gasteiger partial charge on any atom is 0.253 e. The minimum Gasteiger partial charge on any atom is -0.338 e. The van der Waals surface area contributed by atoms with Gasteiger partial charge in [-0.25, -0.2) is 8.78 Å². The summed E-state index contributed by atoms with van der Waals surface area (Å²) in [5, 5.41) is 0. The monoisotopic (exact) mass is 249 g/mol. The normalized spacial score (nSPS) is 18.2. The molecule has 0 unspecified atom stereocenters. The molecule has 18 heavy (non-hydrogen) atoms. The van der Waals surface area contributed by atoms with Crippen LogP contribution in [0.15, 0.2) is 24.3 Å². The van der Waals surface area contributed by atoms with Crippen molar-refractivity contribution in [3.05, 3.63) is 35.4 Å². The number of hydrogen-bond donors (Lipinski definition) is 0. The van der Waals surface area contributed by atoms with Gasteiger partial charge in [-0.2, -0.15) is 0 Å². The highest BCUT2D eigenvalue weighted by molar-refractivity contribution is 5.94. The summed E-state index contributed by atoms with van der Waals surface area (Å²) in [5.74, 6) is -0.389. The predicted molar refractivity (Wildman–Crippen MR) is 64.5 cm³/mol. The van der Waals surface area contributed by atoms with Gasteiger partial charge in [0.15, 0.2) is 0 Å². The Balaban J connectivity index is 2.06. The van der Waals surface area contributed by atoms with E-state index in [1.807, 2.05) is 0 Å². The highest BCUT2D eigenvalue weighted by Gasteiger charge is 2.35. The third-order valence-electron chi connectivity index (χ3n) is 3.08. The molecule has 0 bridgehead atoms. The Morgan fingerprint density at radius 2 is 1.78 bits per heavy atom. The van der Waals surface area contributed by atoms with Gasteiger partial charge in [-0.1, -0.05) is 5.92 Å². The number of nitrogens with zero attached hydrogens (tertiary/aromatic N) is 1. The van der Waals surface area contributed by atoms with Crippen LogP contribution in [0.5, 0.6) is 0 Å². The third kappa shape index (κ3) is 2.67. The number of rotatable bonds is 1. The number of halogens is 2. The van der Waals surface area contributed by atoms with Crippen LogP contribution in [0.25, 0.3) is 0 Å². The van der Waals surface area contributed by atoms with E-state index in [1.54, 1.807) is 24.3 Å². The van der Waals surface area contributed by atoms with Crippen molar-refractivity contribution < 1.29 is 13.6 Å². The topological polar surface area (TPSA) is 20.3 Å². The average Bonchev–Trinajstić information content (AvgIpc) is 2.38. The van der Waals surface area contributed by atoms with E-state index in [0.717, 1.165) is 0 Å². The lowest BCUT2D eigenvalue weighted by Gasteiger charge is -2.31. The van der Waals surface area contributed by atoms with Crippen LogP contribution in [0, 0.1) is 12.3 Å². The highest BCUT2D eigenvalue weighted by Crippen LogP contribution is 2.28. The minimum atomic E-state index is -2.63. The first-order valence-electron chi connectivity index (χ1n) is 5.76. The van der Waals surface area contributed by atoms with Gasteiger partial charge in [-0.05, 0) is 24.3 Å². The number of carbonyl (C=O) groups excluding carboxylic acids is 1. The molecule has 2 rings (SSSR count). The number of carbonyl (C=O) groups is 1. The quantitative estimate of drug-likeness (QED) is 0.700. The molecule has 4 heteroatoms. The molecular weight excluding hydrogens is 236 g/mol. The second kappa shape index (κ2) is 4.77. The zero-order valence-electron chi connectivity index (χ0n) is 9.83. The minimum absolute atomic E-state index is 0.0999. The molecule has 0 aliphatic carbocycles. The first kappa shape index (κ1) is 12.6. The van der Waals surface area contributed by atoms with Crippen LogP contribution < -0.4 is 0 Å². The van der Waals surface area contributed by atoms with Crippen molar-refractivity contribution in [2.24, 2.45) is 0 Å². The lowest BCUT2D eigenvalue weighted by Crippen LogP contribution is -2.42. The fourth-order valence-corrected chi connectivity index (χ4v) is 1.93. The van der Waals surface area contributed by atoms with Gasteiger partial charge >= 0.3 is 0 Å². The van der Waals surface area contributed by atoms with Gasteiger partial charge < -0.3 is 4.90 Å². The van der Waals surface area contributed by atoms with Crippen molar-refractivity contribution in [1.82, 2.24) is 4.90 Å². The lowest BCUT2D eigenvalue weighted by molar-refractivity contribution is -0.0494. The molecule has 1 saturated heterocycles. The van der Waals surface area contributed by atoms with E-state index >= 15 is 0 Å². The molecule has 0 aromatic heterocycles. The van der Waals surface area contributed by atoms with E-state index in [9.17, 15) is 13.6 Å². The second-order valence-electron chi connectivity index (χ2n) is 4.37. The van der Waals surface area contributed by atoms with Gasteiger partial charge in [0.05, 0.1) is 0 Å². The van der Waals surface area contributed by atoms with Crippen LogP contribution in [0.4, 0.5) is 8.78 Å². The van der Waals surface area contributed by atoms with Crippen molar-refractivity contribution in [3.63, 3.8) is 0 Å². The fourth-order valence-electron chi connectivity index (χ4n) is 1.93. The molecule has 1 amide bonds. The van der Waals surface area contributed by atoms with E-state index in [2.05, 4.69) is 5.92 Å². The Morgan fingerprint density at radius 3 is 2.28 bits per heavy atom. The van der Waals surface area contributed by atoms with Crippen molar-refractivity contribution in [2.45, 2.75) is 18.8 Å². The fraction of sp³-hybridized carbons (Fsp3) is 0.357. The van der Waals surface area contributed by atoms with Crippen LogP contribution in [-0.2, 0) is 0 Å². The van der Waals surface area contributed by atoms with Crippen LogP contribution in [-0.4, -0.2) is 29.8 Å². The summed E-state index contributed by atoms with van der Waals surface area (Å²) in [6.07, 6.45) is 4.69. The molecule has 1 aliphatic rings. The molecule has 0 N–H and O–H groups in total. The largest absolute Gasteiger partial charge is 0.338 e. The molecule has 1 aromatic rings. The Bertz CT molecular complexity index is 478. The van der Waals surface area contributed by atoms with Gasteiger partial charge in [-0.15, -0.1) is 6.42 Å². The summed E-state index contributed by atoms with van der Waals surface area (Å²) in [7, 11) is 0. The maximum atomic E-state index is 13.0. The van der Waals surface area contributed by atoms with E-state index in [0.29, 0.717) is 11.1 Å². The lowest BCUT2D eigenvalue weighted by atomic mass is 10.0. The number of benzene rings is 1. The van der Waals surface area contributed by atoms with E-state index in [-0.39, 0.29) is 31.8 Å². The van der Waals surface area contributed by atoms with E-state index in [4.69, 9.17) is 6.42 Å². The maximum absolute atomic E-state index is 13.0. The molecule has 94 valence electrons. The Kier molecular flexibility index (Phi) is 3.33. The van der Waals surface area contributed by atoms with Crippen LogP contribution in [0.1, 0.15) is 28.8 Å². The van der Waals surface area contributed by atoms with Gasteiger partial charge in [0, 0.05) is 37.1 Å². The second-order valence-corrected chi connectivity index (χ2v) is 4.37. The number of hydrogen-bond acceptors (Lipinski definition) is 1. The molecule has 0 spiro atoms. The van der Waals surface area contributed by atoms with Crippen LogP contribution in [0.2, 0.25) is 0 Å². The third-order valence-corrected chi connectivity index (χ3v) is 3.08. The first-order valence-corrected chi connectivity index (χ1v) is 5.76. The molecule has 0 radical (unpaired) electrons. The van der Waals surface area contributed by atoms with E-state index in [1.165, 1.54) is 4.90 Å². The summed E-state index contributed by atoms with van der Waals surface area (Å²) in [4.78, 5) is 13.5. The standard InChI is InChI=1S/C14H13F2NO/c1-2-11-3-5-12(6-4-11)13(18)17-9-7-14(15,16)8-10-17/h1,3-6H,7-10H2. The molecule has 1 fully saturated rings. The van der Waals surface area contributed by atoms with Crippen LogP contribution >= 0.6 is 0 Å². The highest BCUT2D eigenvalue weighted by atomic mass is 19.3. The molecule has 2 nitrogen and oxygen atoms in total. The Labute approximate surface area is 105 Å². The number of piperidine rings is 1. The first-order chi connectivity index (χ1) is 8.52. The van der Waals surface area contributed by atoms with Gasteiger partial charge in [0.2, 0.25) is 0 Å². The van der Waals surface area contributed by atoms with Crippen molar-refractivity contribution >= 4 is 5.91 Å². The SMILES string of the molecule is C#Cc1ccc(C(=O)N2CCC(F)(F)CC2)cc1. The summed E-state index contributed by atoms with van der Waals surface area (Å²) >= 11 is 0. The molecule has 1 aliphatic heterocycles. The zero-order chi connectivity index (χ0) is 13.2.